The second-order valence-corrected chi connectivity index (χ2v) is 5.59. The monoisotopic (exact) mass is 267 g/mol. The molecule has 0 aromatic heterocycles. The Morgan fingerprint density at radius 1 is 1.26 bits per heavy atom. The molecule has 0 radical (unpaired) electrons. The van der Waals surface area contributed by atoms with Crippen molar-refractivity contribution < 1.29 is 8.78 Å². The number of nitrogens with one attached hydrogen (secondary N) is 1. The Kier molecular flexibility index (Phi) is 4.92. The number of hydrogen-bond donors (Lipinski definition) is 1. The van der Waals surface area contributed by atoms with Crippen molar-refractivity contribution >= 4 is 0 Å². The molecule has 1 fully saturated rings. The van der Waals surface area contributed by atoms with Gasteiger partial charge in [-0.25, -0.2) is 8.78 Å². The molecule has 19 heavy (non-hydrogen) atoms. The van der Waals surface area contributed by atoms with E-state index < -0.39 is 5.82 Å². The van der Waals surface area contributed by atoms with E-state index in [1.54, 1.807) is 6.92 Å². The summed E-state index contributed by atoms with van der Waals surface area (Å²) in [6.07, 6.45) is 5.73. The fourth-order valence-corrected chi connectivity index (χ4v) is 3.13. The summed E-state index contributed by atoms with van der Waals surface area (Å²) < 4.78 is 28.2. The molecule has 1 aliphatic carbocycles. The second-order valence-electron chi connectivity index (χ2n) is 5.59. The van der Waals surface area contributed by atoms with Crippen molar-refractivity contribution in [1.29, 1.82) is 0 Å². The Balaban J connectivity index is 2.24. The zero-order valence-corrected chi connectivity index (χ0v) is 11.8. The molecule has 0 saturated heterocycles. The standard InChI is InChI=1S/C16H23F2N/c1-3-19-14(10-12-6-4-5-7-12)15-13(17)9-8-11(2)16(15)18/h8-9,12,14,19H,3-7,10H2,1-2H3. The van der Waals surface area contributed by atoms with Gasteiger partial charge in [-0.1, -0.05) is 38.7 Å². The highest BCUT2D eigenvalue weighted by Gasteiger charge is 2.25. The van der Waals surface area contributed by atoms with Crippen molar-refractivity contribution in [2.75, 3.05) is 6.54 Å². The van der Waals surface area contributed by atoms with Gasteiger partial charge in [-0.2, -0.15) is 0 Å². The van der Waals surface area contributed by atoms with E-state index in [0.717, 1.165) is 13.0 Å². The molecule has 1 saturated carbocycles. The van der Waals surface area contributed by atoms with Gasteiger partial charge < -0.3 is 5.32 Å². The van der Waals surface area contributed by atoms with Crippen LogP contribution in [0.3, 0.4) is 0 Å². The molecular formula is C16H23F2N. The van der Waals surface area contributed by atoms with Crippen LogP contribution in [0.1, 0.15) is 56.2 Å². The van der Waals surface area contributed by atoms with Gasteiger partial charge in [0.15, 0.2) is 0 Å². The molecule has 2 rings (SSSR count). The van der Waals surface area contributed by atoms with E-state index in [1.807, 2.05) is 6.92 Å². The Morgan fingerprint density at radius 3 is 2.58 bits per heavy atom. The molecule has 1 unspecified atom stereocenters. The predicted molar refractivity (Wildman–Crippen MR) is 74.1 cm³/mol. The molecule has 0 heterocycles. The van der Waals surface area contributed by atoms with Crippen LogP contribution in [-0.2, 0) is 0 Å². The van der Waals surface area contributed by atoms with Crippen LogP contribution in [0.5, 0.6) is 0 Å². The second kappa shape index (κ2) is 6.47. The van der Waals surface area contributed by atoms with Crippen LogP contribution in [0.2, 0.25) is 0 Å². The van der Waals surface area contributed by atoms with Crippen LogP contribution in [-0.4, -0.2) is 6.54 Å². The number of halogens is 2. The molecule has 3 heteroatoms. The molecule has 0 bridgehead atoms. The topological polar surface area (TPSA) is 12.0 Å². The molecule has 1 atom stereocenters. The molecule has 0 spiro atoms. The largest absolute Gasteiger partial charge is 0.310 e. The Hall–Kier alpha value is -0.960. The van der Waals surface area contributed by atoms with E-state index >= 15 is 0 Å². The van der Waals surface area contributed by atoms with Crippen molar-refractivity contribution in [3.63, 3.8) is 0 Å². The van der Waals surface area contributed by atoms with Gasteiger partial charge in [0, 0.05) is 11.6 Å². The van der Waals surface area contributed by atoms with E-state index in [0.29, 0.717) is 11.5 Å². The normalized spacial score (nSPS) is 17.9. The predicted octanol–water partition coefficient (Wildman–Crippen LogP) is 4.50. The lowest BCUT2D eigenvalue weighted by Crippen LogP contribution is -2.25. The summed E-state index contributed by atoms with van der Waals surface area (Å²) >= 11 is 0. The number of aryl methyl sites for hydroxylation is 1. The summed E-state index contributed by atoms with van der Waals surface area (Å²) in [4.78, 5) is 0. The summed E-state index contributed by atoms with van der Waals surface area (Å²) in [6, 6.07) is 2.69. The maximum absolute atomic E-state index is 14.2. The summed E-state index contributed by atoms with van der Waals surface area (Å²) in [5.74, 6) is -0.209. The van der Waals surface area contributed by atoms with Gasteiger partial charge in [0.25, 0.3) is 0 Å². The third-order valence-corrected chi connectivity index (χ3v) is 4.16. The van der Waals surface area contributed by atoms with Crippen molar-refractivity contribution in [2.24, 2.45) is 5.92 Å². The summed E-state index contributed by atoms with van der Waals surface area (Å²) in [5, 5.41) is 3.25. The van der Waals surface area contributed by atoms with E-state index in [2.05, 4.69) is 5.32 Å². The summed E-state index contributed by atoms with van der Waals surface area (Å²) in [7, 11) is 0. The van der Waals surface area contributed by atoms with Gasteiger partial charge in [0.1, 0.15) is 11.6 Å². The first-order valence-corrected chi connectivity index (χ1v) is 7.31. The fraction of sp³-hybridized carbons (Fsp3) is 0.625. The minimum absolute atomic E-state index is 0.201. The van der Waals surface area contributed by atoms with Gasteiger partial charge in [0.2, 0.25) is 0 Å². The van der Waals surface area contributed by atoms with Gasteiger partial charge in [-0.3, -0.25) is 0 Å². The fourth-order valence-electron chi connectivity index (χ4n) is 3.13. The first kappa shape index (κ1) is 14.4. The lowest BCUT2D eigenvalue weighted by Gasteiger charge is -2.23. The quantitative estimate of drug-likeness (QED) is 0.828. The molecule has 1 aromatic rings. The zero-order valence-electron chi connectivity index (χ0n) is 11.8. The lowest BCUT2D eigenvalue weighted by atomic mass is 9.92. The van der Waals surface area contributed by atoms with Crippen molar-refractivity contribution in [3.05, 3.63) is 34.9 Å². The third-order valence-electron chi connectivity index (χ3n) is 4.16. The average molecular weight is 267 g/mol. The van der Waals surface area contributed by atoms with Crippen molar-refractivity contribution in [2.45, 2.75) is 52.0 Å². The summed E-state index contributed by atoms with van der Waals surface area (Å²) in [5.41, 5.74) is 0.750. The van der Waals surface area contributed by atoms with Crippen LogP contribution >= 0.6 is 0 Å². The molecule has 1 N–H and O–H groups in total. The van der Waals surface area contributed by atoms with Gasteiger partial charge >= 0.3 is 0 Å². The first-order chi connectivity index (χ1) is 9.13. The maximum atomic E-state index is 14.2. The molecule has 1 nitrogen and oxygen atoms in total. The molecular weight excluding hydrogens is 244 g/mol. The van der Waals surface area contributed by atoms with Crippen molar-refractivity contribution in [3.8, 4) is 0 Å². The van der Waals surface area contributed by atoms with Crippen LogP contribution in [0.4, 0.5) is 8.78 Å². The van der Waals surface area contributed by atoms with Crippen LogP contribution < -0.4 is 5.32 Å². The Labute approximate surface area is 114 Å². The molecule has 1 aromatic carbocycles. The third kappa shape index (κ3) is 3.33. The van der Waals surface area contributed by atoms with Crippen LogP contribution in [0.15, 0.2) is 12.1 Å². The molecule has 106 valence electrons. The highest BCUT2D eigenvalue weighted by atomic mass is 19.1. The zero-order chi connectivity index (χ0) is 13.8. The first-order valence-electron chi connectivity index (χ1n) is 7.31. The lowest BCUT2D eigenvalue weighted by molar-refractivity contribution is 0.378. The van der Waals surface area contributed by atoms with E-state index in [-0.39, 0.29) is 17.4 Å². The SMILES string of the molecule is CCNC(CC1CCCC1)c1c(F)ccc(C)c1F. The van der Waals surface area contributed by atoms with Crippen molar-refractivity contribution in [1.82, 2.24) is 5.32 Å². The number of benzene rings is 1. The summed E-state index contributed by atoms with van der Waals surface area (Å²) in [6.45, 7) is 4.40. The van der Waals surface area contributed by atoms with Gasteiger partial charge in [-0.15, -0.1) is 0 Å². The van der Waals surface area contributed by atoms with Crippen LogP contribution in [0, 0.1) is 24.5 Å². The van der Waals surface area contributed by atoms with Gasteiger partial charge in [-0.05, 0) is 37.4 Å². The minimum Gasteiger partial charge on any atom is -0.310 e. The number of rotatable bonds is 5. The number of hydrogen-bond acceptors (Lipinski definition) is 1. The van der Waals surface area contributed by atoms with E-state index in [1.165, 1.54) is 37.8 Å². The van der Waals surface area contributed by atoms with E-state index in [9.17, 15) is 8.78 Å². The van der Waals surface area contributed by atoms with Crippen LogP contribution in [0.25, 0.3) is 0 Å². The molecule has 0 amide bonds. The highest BCUT2D eigenvalue weighted by Crippen LogP contribution is 2.35. The Bertz CT molecular complexity index is 425. The molecule has 1 aliphatic rings. The Morgan fingerprint density at radius 2 is 1.95 bits per heavy atom. The average Bonchev–Trinajstić information content (AvgIpc) is 2.87. The maximum Gasteiger partial charge on any atom is 0.133 e. The highest BCUT2D eigenvalue weighted by molar-refractivity contribution is 5.29. The smallest absolute Gasteiger partial charge is 0.133 e. The molecule has 0 aliphatic heterocycles. The minimum atomic E-state index is -0.424. The van der Waals surface area contributed by atoms with E-state index in [4.69, 9.17) is 0 Å². The van der Waals surface area contributed by atoms with Gasteiger partial charge in [0.05, 0.1) is 0 Å².